The largest absolute Gasteiger partial charge is 0.376 e. The Morgan fingerprint density at radius 1 is 1.24 bits per heavy atom. The lowest BCUT2D eigenvalue weighted by Crippen LogP contribution is -2.40. The number of carbonyl (C=O) groups excluding carboxylic acids is 1. The molecule has 6 rings (SSSR count). The normalized spacial score (nSPS) is 26.6. The monoisotopic (exact) mass is 296 g/mol. The first-order valence-electron chi connectivity index (χ1n) is 7.56. The molecule has 21 heavy (non-hydrogen) atoms. The zero-order valence-electron chi connectivity index (χ0n) is 11.7. The van der Waals surface area contributed by atoms with Gasteiger partial charge in [-0.15, -0.1) is 11.3 Å². The number of likely N-dealkylation sites (tertiary alicyclic amines) is 1. The summed E-state index contributed by atoms with van der Waals surface area (Å²) in [6, 6.07) is 10.3. The van der Waals surface area contributed by atoms with Crippen molar-refractivity contribution in [1.82, 2.24) is 9.80 Å². The number of nitrogens with zero attached hydrogens (tertiary/aromatic N) is 2. The number of fused-ring (bicyclic) bond motifs is 2. The first-order chi connectivity index (χ1) is 10.3. The van der Waals surface area contributed by atoms with Gasteiger partial charge in [0.15, 0.2) is 0 Å². The first-order valence-corrected chi connectivity index (χ1v) is 8.37. The third-order valence-corrected chi connectivity index (χ3v) is 6.17. The van der Waals surface area contributed by atoms with E-state index < -0.39 is 0 Å². The number of benzene rings is 1. The molecule has 1 aromatic carbocycles. The van der Waals surface area contributed by atoms with Gasteiger partial charge in [0.2, 0.25) is 0 Å². The summed E-state index contributed by atoms with van der Waals surface area (Å²) >= 11 is 1.61. The molecule has 2 atom stereocenters. The van der Waals surface area contributed by atoms with Gasteiger partial charge in [-0.2, -0.15) is 0 Å². The average molecular weight is 296 g/mol. The maximum Gasteiger partial charge on any atom is 0.268 e. The van der Waals surface area contributed by atoms with Crippen molar-refractivity contribution in [3.63, 3.8) is 0 Å². The van der Waals surface area contributed by atoms with Crippen molar-refractivity contribution < 1.29 is 4.79 Å². The molecule has 0 aliphatic carbocycles. The number of piperidine rings is 1. The van der Waals surface area contributed by atoms with Gasteiger partial charge in [0, 0.05) is 48.1 Å². The molecule has 4 bridgehead atoms. The molecule has 0 radical (unpaired) electrons. The van der Waals surface area contributed by atoms with Crippen LogP contribution < -0.4 is 0 Å². The molecule has 4 aliphatic rings. The second kappa shape index (κ2) is 4.10. The maximum absolute atomic E-state index is 12.9. The predicted molar refractivity (Wildman–Crippen MR) is 84.1 cm³/mol. The topological polar surface area (TPSA) is 23.6 Å². The molecule has 2 saturated heterocycles. The molecule has 1 aromatic heterocycles. The minimum Gasteiger partial charge on any atom is -0.376 e. The van der Waals surface area contributed by atoms with E-state index in [0.29, 0.717) is 11.8 Å². The molecule has 2 aromatic rings. The standard InChI is InChI=1S/C17H16N2OS/c20-17(16-7-11-3-1-2-4-15(11)21-16)19-9-12-8-18-6-5-13(12)14(19)10-18/h1-4,7,10,12-13H,5-6,8-9H2/t12-,13-/m1/s1. The third kappa shape index (κ3) is 1.62. The van der Waals surface area contributed by atoms with Gasteiger partial charge in [-0.3, -0.25) is 4.79 Å². The molecule has 1 amide bonds. The van der Waals surface area contributed by atoms with Gasteiger partial charge < -0.3 is 9.80 Å². The number of allylic oxidation sites excluding steroid dienone is 1. The second-order valence-corrected chi connectivity index (χ2v) is 7.35. The lowest BCUT2D eigenvalue weighted by atomic mass is 9.84. The SMILES string of the molecule is O=C(c1cc2ccccc2s1)N1C[C@H]2CN3C=C1[C@@H]2CC3. The summed E-state index contributed by atoms with van der Waals surface area (Å²) in [5.41, 5.74) is 1.26. The Morgan fingerprint density at radius 2 is 2.14 bits per heavy atom. The van der Waals surface area contributed by atoms with Crippen LogP contribution in [-0.4, -0.2) is 35.3 Å². The van der Waals surface area contributed by atoms with Gasteiger partial charge in [0.05, 0.1) is 4.88 Å². The number of carbonyl (C=O) groups is 1. The Balaban J connectivity index is 1.53. The van der Waals surface area contributed by atoms with Crippen LogP contribution in [0.1, 0.15) is 16.1 Å². The average Bonchev–Trinajstić information content (AvgIpc) is 3.06. The summed E-state index contributed by atoms with van der Waals surface area (Å²) < 4.78 is 1.20. The summed E-state index contributed by atoms with van der Waals surface area (Å²) in [4.78, 5) is 18.2. The fraction of sp³-hybridized carbons (Fsp3) is 0.353. The molecule has 5 heterocycles. The highest BCUT2D eigenvalue weighted by atomic mass is 32.1. The summed E-state index contributed by atoms with van der Waals surface area (Å²) in [6.45, 7) is 3.19. The number of hydrogen-bond donors (Lipinski definition) is 0. The number of amides is 1. The Labute approximate surface area is 127 Å². The van der Waals surface area contributed by atoms with Crippen molar-refractivity contribution in [2.75, 3.05) is 19.6 Å². The van der Waals surface area contributed by atoms with Gasteiger partial charge >= 0.3 is 0 Å². The van der Waals surface area contributed by atoms with Crippen LogP contribution in [0.25, 0.3) is 10.1 Å². The highest BCUT2D eigenvalue weighted by Gasteiger charge is 2.46. The van der Waals surface area contributed by atoms with E-state index in [1.807, 2.05) is 23.1 Å². The van der Waals surface area contributed by atoms with Crippen molar-refractivity contribution in [3.8, 4) is 0 Å². The van der Waals surface area contributed by atoms with E-state index in [4.69, 9.17) is 0 Å². The summed E-state index contributed by atoms with van der Waals surface area (Å²) in [7, 11) is 0. The summed E-state index contributed by atoms with van der Waals surface area (Å²) in [6.07, 6.45) is 3.44. The van der Waals surface area contributed by atoms with Crippen LogP contribution in [0.3, 0.4) is 0 Å². The van der Waals surface area contributed by atoms with Gasteiger partial charge in [-0.25, -0.2) is 0 Å². The zero-order valence-corrected chi connectivity index (χ0v) is 12.5. The minimum absolute atomic E-state index is 0.193. The van der Waals surface area contributed by atoms with E-state index in [1.165, 1.54) is 22.2 Å². The lowest BCUT2D eigenvalue weighted by Gasteiger charge is -2.39. The van der Waals surface area contributed by atoms with Gasteiger partial charge in [-0.1, -0.05) is 18.2 Å². The van der Waals surface area contributed by atoms with Gasteiger partial charge in [-0.05, 0) is 23.9 Å². The Kier molecular flexibility index (Phi) is 2.31. The van der Waals surface area contributed by atoms with Crippen LogP contribution in [0, 0.1) is 11.8 Å². The fourth-order valence-electron chi connectivity index (χ4n) is 4.06. The quantitative estimate of drug-likeness (QED) is 0.807. The molecule has 4 aliphatic heterocycles. The van der Waals surface area contributed by atoms with Crippen LogP contribution in [0.15, 0.2) is 42.2 Å². The van der Waals surface area contributed by atoms with Crippen molar-refractivity contribution in [1.29, 1.82) is 0 Å². The molecule has 4 heteroatoms. The van der Waals surface area contributed by atoms with Crippen LogP contribution in [0.2, 0.25) is 0 Å². The molecule has 0 saturated carbocycles. The molecule has 0 spiro atoms. The summed E-state index contributed by atoms with van der Waals surface area (Å²) in [5.74, 6) is 1.46. The van der Waals surface area contributed by atoms with Crippen LogP contribution >= 0.6 is 11.3 Å². The molecule has 3 nitrogen and oxygen atoms in total. The number of hydrogen-bond acceptors (Lipinski definition) is 3. The molecule has 2 fully saturated rings. The van der Waals surface area contributed by atoms with Crippen molar-refractivity contribution >= 4 is 27.3 Å². The molecule has 106 valence electrons. The van der Waals surface area contributed by atoms with Crippen LogP contribution in [-0.2, 0) is 0 Å². The molecule has 0 unspecified atom stereocenters. The van der Waals surface area contributed by atoms with E-state index in [2.05, 4.69) is 23.2 Å². The molecular formula is C17H16N2OS. The lowest BCUT2D eigenvalue weighted by molar-refractivity contribution is 0.0825. The Hall–Kier alpha value is -1.81. The van der Waals surface area contributed by atoms with E-state index in [9.17, 15) is 4.79 Å². The molecule has 0 N–H and O–H groups in total. The molecular weight excluding hydrogens is 280 g/mol. The number of thiophene rings is 1. The highest BCUT2D eigenvalue weighted by molar-refractivity contribution is 7.20. The Bertz CT molecular complexity index is 745. The minimum atomic E-state index is 0.193. The maximum atomic E-state index is 12.9. The predicted octanol–water partition coefficient (Wildman–Crippen LogP) is 3.15. The van der Waals surface area contributed by atoms with Crippen molar-refractivity contribution in [2.45, 2.75) is 6.42 Å². The number of rotatable bonds is 1. The van der Waals surface area contributed by atoms with Gasteiger partial charge in [0.25, 0.3) is 5.91 Å². The second-order valence-electron chi connectivity index (χ2n) is 6.27. The van der Waals surface area contributed by atoms with Crippen LogP contribution in [0.5, 0.6) is 0 Å². The van der Waals surface area contributed by atoms with Gasteiger partial charge in [0.1, 0.15) is 0 Å². The summed E-state index contributed by atoms with van der Waals surface area (Å²) in [5, 5.41) is 1.17. The van der Waals surface area contributed by atoms with Crippen molar-refractivity contribution in [2.24, 2.45) is 11.8 Å². The van der Waals surface area contributed by atoms with E-state index in [1.54, 1.807) is 11.3 Å². The van der Waals surface area contributed by atoms with E-state index >= 15 is 0 Å². The van der Waals surface area contributed by atoms with E-state index in [0.717, 1.165) is 24.5 Å². The van der Waals surface area contributed by atoms with Crippen LogP contribution in [0.4, 0.5) is 0 Å². The smallest absolute Gasteiger partial charge is 0.268 e. The van der Waals surface area contributed by atoms with E-state index in [-0.39, 0.29) is 5.91 Å². The zero-order chi connectivity index (χ0) is 14.0. The Morgan fingerprint density at radius 3 is 2.95 bits per heavy atom. The highest BCUT2D eigenvalue weighted by Crippen LogP contribution is 2.44. The fourth-order valence-corrected chi connectivity index (χ4v) is 5.08. The first kappa shape index (κ1) is 11.8. The van der Waals surface area contributed by atoms with Crippen molar-refractivity contribution in [3.05, 3.63) is 47.1 Å². The third-order valence-electron chi connectivity index (χ3n) is 5.07.